The predicted molar refractivity (Wildman–Crippen MR) is 160 cm³/mol. The molecule has 4 aliphatic rings. The fraction of sp³-hybridized carbons (Fsp3) is 0.647. The Kier molecular flexibility index (Phi) is 8.91. The number of rotatable bonds is 8. The van der Waals surface area contributed by atoms with E-state index >= 15 is 0 Å². The van der Waals surface area contributed by atoms with Crippen molar-refractivity contribution in [3.63, 3.8) is 0 Å². The summed E-state index contributed by atoms with van der Waals surface area (Å²) in [4.78, 5) is 79.0. The zero-order chi connectivity index (χ0) is 35.6. The number of ketones is 1. The maximum absolute atomic E-state index is 14.2. The van der Waals surface area contributed by atoms with E-state index in [1.165, 1.54) is 19.5 Å². The summed E-state index contributed by atoms with van der Waals surface area (Å²) in [7, 11) is 0. The molecular formula is C34H42O14. The van der Waals surface area contributed by atoms with E-state index in [2.05, 4.69) is 6.58 Å². The van der Waals surface area contributed by atoms with Gasteiger partial charge < -0.3 is 38.3 Å². The van der Waals surface area contributed by atoms with E-state index in [-0.39, 0.29) is 31.5 Å². The molecule has 2 N–H and O–H groups in total. The van der Waals surface area contributed by atoms with Crippen LogP contribution < -0.4 is 0 Å². The summed E-state index contributed by atoms with van der Waals surface area (Å²) in [6.45, 7) is 12.9. The molecule has 2 saturated heterocycles. The second-order valence-corrected chi connectivity index (χ2v) is 14.3. The van der Waals surface area contributed by atoms with Crippen LogP contribution in [0.15, 0.2) is 35.2 Å². The van der Waals surface area contributed by atoms with E-state index in [9.17, 15) is 39.0 Å². The highest BCUT2D eigenvalue weighted by Crippen LogP contribution is 2.68. The Bertz CT molecular complexity index is 1510. The predicted octanol–water partition coefficient (Wildman–Crippen LogP) is 1.94. The number of aliphatic hydroxyl groups is 2. The number of Topliss-reactive ketones (excluding diaryl/α,β-unsaturated/α-hetero) is 1. The van der Waals surface area contributed by atoms with Crippen LogP contribution in [0, 0.1) is 28.6 Å². The molecule has 14 heteroatoms. The molecule has 2 aliphatic carbocycles. The van der Waals surface area contributed by atoms with Gasteiger partial charge in [0, 0.05) is 36.5 Å². The number of hydrogen-bond acceptors (Lipinski definition) is 14. The number of fused-ring (bicyclic) bond motifs is 2. The number of esters is 4. The lowest BCUT2D eigenvalue weighted by molar-refractivity contribution is -0.242. The fourth-order valence-electron chi connectivity index (χ4n) is 8.93. The van der Waals surface area contributed by atoms with E-state index in [4.69, 9.17) is 28.1 Å². The minimum absolute atomic E-state index is 0.110. The van der Waals surface area contributed by atoms with Crippen molar-refractivity contribution in [1.29, 1.82) is 0 Å². The Balaban J connectivity index is 1.82. The van der Waals surface area contributed by atoms with E-state index in [1.807, 2.05) is 0 Å². The molecule has 11 atom stereocenters. The van der Waals surface area contributed by atoms with Gasteiger partial charge in [-0.1, -0.05) is 34.3 Å². The molecule has 3 heterocycles. The molecule has 2 saturated carbocycles. The zero-order valence-electron chi connectivity index (χ0n) is 27.8. The Morgan fingerprint density at radius 2 is 1.77 bits per heavy atom. The van der Waals surface area contributed by atoms with Gasteiger partial charge in [0.25, 0.3) is 6.47 Å². The standard InChI is InChI=1S/C34H42O14/c1-16(2)27(40)30(41)47-29-28(45-15-35)26(17(3)34(42)22(37)10-20(33(29,34)7)19-8-9-43-13-19)32(6)21-11-24(38)44-14-31(21,5)48-25(39)12-23(32)46-18(4)36/h8-9,13,15-16,20-21,23,26-29,40,42H,3,10-12,14H2,1-2,4-7H3/t20-,21?,23-,26?,27+,28+,29-,31+,32+,33+,34+/m0/s1. The normalized spacial score (nSPS) is 40.1. The van der Waals surface area contributed by atoms with Crippen LogP contribution in [0.3, 0.4) is 0 Å². The fourth-order valence-corrected chi connectivity index (χ4v) is 8.93. The highest BCUT2D eigenvalue weighted by atomic mass is 16.6. The lowest BCUT2D eigenvalue weighted by atomic mass is 9.46. The van der Waals surface area contributed by atoms with Crippen molar-refractivity contribution in [1.82, 2.24) is 0 Å². The number of cyclic esters (lactones) is 1. The first-order valence-corrected chi connectivity index (χ1v) is 15.9. The number of carbonyl (C=O) groups is 6. The Morgan fingerprint density at radius 3 is 2.35 bits per heavy atom. The molecule has 2 unspecified atom stereocenters. The Morgan fingerprint density at radius 1 is 1.08 bits per heavy atom. The van der Waals surface area contributed by atoms with Crippen molar-refractivity contribution >= 4 is 36.1 Å². The van der Waals surface area contributed by atoms with E-state index in [0.29, 0.717) is 5.56 Å². The van der Waals surface area contributed by atoms with Gasteiger partial charge in [0.1, 0.15) is 30.5 Å². The maximum Gasteiger partial charge on any atom is 0.335 e. The van der Waals surface area contributed by atoms with Crippen LogP contribution in [0.1, 0.15) is 72.3 Å². The number of aliphatic hydroxyl groups excluding tert-OH is 1. The van der Waals surface area contributed by atoms with Crippen molar-refractivity contribution in [2.75, 3.05) is 6.61 Å². The van der Waals surface area contributed by atoms with Crippen molar-refractivity contribution in [3.8, 4) is 0 Å². The number of carbonyl (C=O) groups excluding carboxylic acids is 6. The first kappa shape index (κ1) is 35.3. The molecule has 1 aromatic heterocycles. The molecule has 0 radical (unpaired) electrons. The van der Waals surface area contributed by atoms with Crippen LogP contribution in [0.25, 0.3) is 0 Å². The third-order valence-corrected chi connectivity index (χ3v) is 11.4. The topological polar surface area (TPSA) is 202 Å². The molecule has 2 aliphatic heterocycles. The Hall–Kier alpha value is -4.04. The van der Waals surface area contributed by atoms with E-state index in [1.54, 1.807) is 33.8 Å². The van der Waals surface area contributed by atoms with Gasteiger partial charge >= 0.3 is 23.9 Å². The summed E-state index contributed by atoms with van der Waals surface area (Å²) in [5.74, 6) is -7.98. The molecule has 262 valence electrons. The minimum atomic E-state index is -2.48. The van der Waals surface area contributed by atoms with Gasteiger partial charge in [-0.2, -0.15) is 0 Å². The second kappa shape index (κ2) is 12.1. The molecule has 0 aromatic carbocycles. The average Bonchev–Trinajstić information content (AvgIpc) is 3.59. The van der Waals surface area contributed by atoms with Gasteiger partial charge in [-0.15, -0.1) is 0 Å². The highest BCUT2D eigenvalue weighted by Gasteiger charge is 2.78. The van der Waals surface area contributed by atoms with Crippen LogP contribution in [0.5, 0.6) is 0 Å². The van der Waals surface area contributed by atoms with Crippen molar-refractivity contribution in [2.45, 2.75) is 102 Å². The molecule has 48 heavy (non-hydrogen) atoms. The summed E-state index contributed by atoms with van der Waals surface area (Å²) >= 11 is 0. The summed E-state index contributed by atoms with van der Waals surface area (Å²) in [6, 6.07) is 1.59. The molecule has 0 spiro atoms. The minimum Gasteiger partial charge on any atom is -0.472 e. The average molecular weight is 675 g/mol. The van der Waals surface area contributed by atoms with Crippen LogP contribution in [-0.2, 0) is 52.5 Å². The summed E-state index contributed by atoms with van der Waals surface area (Å²) in [5.41, 5.74) is -7.14. The van der Waals surface area contributed by atoms with Gasteiger partial charge in [-0.05, 0) is 30.0 Å². The quantitative estimate of drug-likeness (QED) is 0.175. The van der Waals surface area contributed by atoms with E-state index < -0.39 is 106 Å². The first-order valence-electron chi connectivity index (χ1n) is 15.9. The molecular weight excluding hydrogens is 632 g/mol. The molecule has 5 rings (SSSR count). The Labute approximate surface area is 277 Å². The smallest absolute Gasteiger partial charge is 0.335 e. The first-order chi connectivity index (χ1) is 22.4. The summed E-state index contributed by atoms with van der Waals surface area (Å²) < 4.78 is 34.1. The summed E-state index contributed by atoms with van der Waals surface area (Å²) in [6.07, 6.45) is -4.64. The number of furan rings is 1. The molecule has 0 bridgehead atoms. The second-order valence-electron chi connectivity index (χ2n) is 14.3. The number of hydrogen-bond donors (Lipinski definition) is 2. The monoisotopic (exact) mass is 674 g/mol. The van der Waals surface area contributed by atoms with Crippen LogP contribution in [-0.4, -0.2) is 88.6 Å². The van der Waals surface area contributed by atoms with Crippen LogP contribution >= 0.6 is 0 Å². The SMILES string of the molecule is C=C1C([C@]2(C)C3CC(=O)OC[C@@]3(C)OC(=O)C[C@@H]2OC(C)=O)[C@@H](OC=O)[C@H](OC(=O)[C@H](O)C(C)C)[C@@]2(C)[C@H](c3ccoc3)CC(=O)[C@]12O. The van der Waals surface area contributed by atoms with Crippen LogP contribution in [0.4, 0.5) is 0 Å². The van der Waals surface area contributed by atoms with Gasteiger partial charge in [-0.25, -0.2) is 4.79 Å². The van der Waals surface area contributed by atoms with Crippen molar-refractivity contribution < 1.29 is 67.1 Å². The highest BCUT2D eigenvalue weighted by molar-refractivity contribution is 5.96. The van der Waals surface area contributed by atoms with Gasteiger partial charge in [0.05, 0.1) is 30.8 Å². The third-order valence-electron chi connectivity index (χ3n) is 11.4. The van der Waals surface area contributed by atoms with E-state index in [0.717, 1.165) is 6.92 Å². The lowest BCUT2D eigenvalue weighted by Gasteiger charge is -2.61. The summed E-state index contributed by atoms with van der Waals surface area (Å²) in [5, 5.41) is 23.6. The third kappa shape index (κ3) is 5.06. The van der Waals surface area contributed by atoms with Gasteiger partial charge in [-0.3, -0.25) is 24.0 Å². The van der Waals surface area contributed by atoms with Crippen molar-refractivity contribution in [3.05, 3.63) is 36.3 Å². The van der Waals surface area contributed by atoms with Gasteiger partial charge in [0.2, 0.25) is 0 Å². The van der Waals surface area contributed by atoms with Crippen molar-refractivity contribution in [2.24, 2.45) is 28.6 Å². The van der Waals surface area contributed by atoms with Gasteiger partial charge in [0.15, 0.2) is 17.5 Å². The zero-order valence-corrected chi connectivity index (χ0v) is 27.8. The lowest BCUT2D eigenvalue weighted by Crippen LogP contribution is -2.72. The van der Waals surface area contributed by atoms with Crippen LogP contribution in [0.2, 0.25) is 0 Å². The number of ether oxygens (including phenoxy) is 5. The largest absolute Gasteiger partial charge is 0.472 e. The molecule has 1 aromatic rings. The molecule has 0 amide bonds. The molecule has 4 fully saturated rings. The maximum atomic E-state index is 14.2. The molecule has 14 nitrogen and oxygen atoms in total.